The van der Waals surface area contributed by atoms with E-state index in [-0.39, 0.29) is 11.5 Å². The van der Waals surface area contributed by atoms with Gasteiger partial charge in [0.2, 0.25) is 11.6 Å². The molecule has 2 aromatic carbocycles. The predicted octanol–water partition coefficient (Wildman–Crippen LogP) is 4.00. The number of rotatable bonds is 4. The van der Waals surface area contributed by atoms with Crippen LogP contribution in [0.25, 0.3) is 0 Å². The molecule has 1 aliphatic heterocycles. The first-order valence-corrected chi connectivity index (χ1v) is 8.76. The van der Waals surface area contributed by atoms with Gasteiger partial charge in [0.05, 0.1) is 4.92 Å². The number of anilines is 3. The Balaban J connectivity index is 1.71. The molecule has 0 saturated heterocycles. The summed E-state index contributed by atoms with van der Waals surface area (Å²) in [4.78, 5) is 21.8. The highest BCUT2D eigenvalue weighted by Crippen LogP contribution is 2.35. The summed E-state index contributed by atoms with van der Waals surface area (Å²) in [7, 11) is 0. The van der Waals surface area contributed by atoms with E-state index in [0.717, 1.165) is 17.7 Å². The lowest BCUT2D eigenvalue weighted by Gasteiger charge is -2.29. The number of aryl methyl sites for hydroxylation is 1. The third-order valence-electron chi connectivity index (χ3n) is 4.70. The van der Waals surface area contributed by atoms with E-state index in [1.807, 2.05) is 48.2 Å². The highest BCUT2D eigenvalue weighted by molar-refractivity contribution is 5.74. The molecule has 7 nitrogen and oxygen atoms in total. The van der Waals surface area contributed by atoms with Crippen molar-refractivity contribution in [3.63, 3.8) is 0 Å². The molecule has 0 aliphatic carbocycles. The van der Waals surface area contributed by atoms with E-state index in [1.165, 1.54) is 17.5 Å². The van der Waals surface area contributed by atoms with Gasteiger partial charge in [-0.15, -0.1) is 0 Å². The number of aromatic nitrogens is 2. The zero-order valence-corrected chi connectivity index (χ0v) is 14.9. The molecule has 7 heteroatoms. The van der Waals surface area contributed by atoms with Crippen molar-refractivity contribution in [2.24, 2.45) is 0 Å². The number of nitrogens with zero attached hydrogens (tertiary/aromatic N) is 4. The molecule has 0 unspecified atom stereocenters. The highest BCUT2D eigenvalue weighted by atomic mass is 16.6. The van der Waals surface area contributed by atoms with Gasteiger partial charge in [0.25, 0.3) is 0 Å². The molecule has 0 radical (unpaired) electrons. The third-order valence-corrected chi connectivity index (χ3v) is 4.70. The Kier molecular flexibility index (Phi) is 4.42. The van der Waals surface area contributed by atoms with E-state index in [9.17, 15) is 10.1 Å². The highest BCUT2D eigenvalue weighted by Gasteiger charge is 2.29. The second-order valence-corrected chi connectivity index (χ2v) is 6.59. The largest absolute Gasteiger partial charge is 0.353 e. The first-order chi connectivity index (χ1) is 13.1. The van der Waals surface area contributed by atoms with Crippen molar-refractivity contribution in [1.29, 1.82) is 0 Å². The first kappa shape index (κ1) is 17.0. The van der Waals surface area contributed by atoms with Crippen molar-refractivity contribution in [1.82, 2.24) is 9.97 Å². The molecule has 27 heavy (non-hydrogen) atoms. The molecule has 0 fully saturated rings. The van der Waals surface area contributed by atoms with E-state index in [0.29, 0.717) is 18.9 Å². The zero-order valence-electron chi connectivity index (χ0n) is 14.9. The zero-order chi connectivity index (χ0) is 18.8. The number of nitrogens with one attached hydrogen (secondary N) is 1. The van der Waals surface area contributed by atoms with Gasteiger partial charge in [-0.25, -0.2) is 9.97 Å². The van der Waals surface area contributed by atoms with Gasteiger partial charge in [-0.3, -0.25) is 10.1 Å². The molecule has 0 spiro atoms. The Morgan fingerprint density at radius 1 is 1.11 bits per heavy atom. The summed E-state index contributed by atoms with van der Waals surface area (Å²) in [6.07, 6.45) is 2.21. The summed E-state index contributed by atoms with van der Waals surface area (Å²) in [5.41, 5.74) is 4.17. The van der Waals surface area contributed by atoms with Crippen LogP contribution in [0.2, 0.25) is 0 Å². The second kappa shape index (κ2) is 7.03. The van der Waals surface area contributed by atoms with Gasteiger partial charge >= 0.3 is 5.69 Å². The second-order valence-electron chi connectivity index (χ2n) is 6.59. The molecule has 0 bridgehead atoms. The maximum absolute atomic E-state index is 11.8. The lowest BCUT2D eigenvalue weighted by atomic mass is 10.00. The molecule has 0 atom stereocenters. The Bertz CT molecular complexity index is 1010. The van der Waals surface area contributed by atoms with Gasteiger partial charge in [-0.2, -0.15) is 0 Å². The van der Waals surface area contributed by atoms with Crippen LogP contribution in [0.4, 0.5) is 23.0 Å². The van der Waals surface area contributed by atoms with E-state index in [2.05, 4.69) is 27.4 Å². The Labute approximate surface area is 156 Å². The summed E-state index contributed by atoms with van der Waals surface area (Å²) in [5.74, 6) is 0.550. The average Bonchev–Trinajstić information content (AvgIpc) is 2.67. The number of benzene rings is 2. The molecule has 136 valence electrons. The van der Waals surface area contributed by atoms with Crippen molar-refractivity contribution >= 4 is 23.0 Å². The number of hydrogen-bond donors (Lipinski definition) is 1. The van der Waals surface area contributed by atoms with Crippen molar-refractivity contribution in [2.45, 2.75) is 19.9 Å². The molecule has 0 saturated carbocycles. The number of hydrogen-bond acceptors (Lipinski definition) is 6. The minimum Gasteiger partial charge on any atom is -0.346 e. The molecular formula is C20H19N5O2. The number of nitro groups is 1. The van der Waals surface area contributed by atoms with Gasteiger partial charge in [-0.1, -0.05) is 36.4 Å². The Hall–Kier alpha value is -3.48. The van der Waals surface area contributed by atoms with Crippen LogP contribution in [0.1, 0.15) is 16.7 Å². The van der Waals surface area contributed by atoms with Gasteiger partial charge < -0.3 is 10.2 Å². The van der Waals surface area contributed by atoms with Crippen LogP contribution in [0, 0.1) is 17.0 Å². The van der Waals surface area contributed by atoms with Crippen LogP contribution in [-0.4, -0.2) is 21.4 Å². The Morgan fingerprint density at radius 2 is 1.93 bits per heavy atom. The minimum atomic E-state index is -0.409. The maximum atomic E-state index is 11.8. The lowest BCUT2D eigenvalue weighted by Crippen LogP contribution is -2.31. The van der Waals surface area contributed by atoms with Crippen LogP contribution in [0.3, 0.4) is 0 Å². The van der Waals surface area contributed by atoms with Gasteiger partial charge in [-0.05, 0) is 42.2 Å². The molecule has 1 aliphatic rings. The number of fused-ring (bicyclic) bond motifs is 1. The lowest BCUT2D eigenvalue weighted by molar-refractivity contribution is -0.383. The molecule has 1 aromatic heterocycles. The van der Waals surface area contributed by atoms with E-state index in [1.54, 1.807) is 0 Å². The molecule has 3 aromatic rings. The Morgan fingerprint density at radius 3 is 2.70 bits per heavy atom. The van der Waals surface area contributed by atoms with Gasteiger partial charge in [0, 0.05) is 18.8 Å². The fourth-order valence-corrected chi connectivity index (χ4v) is 3.40. The van der Waals surface area contributed by atoms with Crippen LogP contribution in [0.5, 0.6) is 0 Å². The fraction of sp³-hybridized carbons (Fsp3) is 0.200. The maximum Gasteiger partial charge on any atom is 0.353 e. The first-order valence-electron chi connectivity index (χ1n) is 8.76. The van der Waals surface area contributed by atoms with E-state index >= 15 is 0 Å². The van der Waals surface area contributed by atoms with Crippen LogP contribution in [0.15, 0.2) is 54.9 Å². The monoisotopic (exact) mass is 361 g/mol. The molecular weight excluding hydrogens is 342 g/mol. The van der Waals surface area contributed by atoms with Crippen molar-refractivity contribution in [2.75, 3.05) is 16.8 Å². The smallest absolute Gasteiger partial charge is 0.346 e. The third kappa shape index (κ3) is 3.44. The summed E-state index contributed by atoms with van der Waals surface area (Å²) < 4.78 is 0. The molecule has 1 N–H and O–H groups in total. The predicted molar refractivity (Wildman–Crippen MR) is 104 cm³/mol. The topological polar surface area (TPSA) is 84.2 Å². The standard InChI is InChI=1S/C20H19N5O2/c1-14-5-4-8-17(11-14)23-19-18(25(26)27)20(22-13-21-19)24-10-9-15-6-2-3-7-16(15)12-24/h2-8,11,13H,9-10,12H2,1H3,(H,21,22,23). The average molecular weight is 361 g/mol. The van der Waals surface area contributed by atoms with Crippen LogP contribution < -0.4 is 10.2 Å². The molecule has 2 heterocycles. The molecule has 0 amide bonds. The summed E-state index contributed by atoms with van der Waals surface area (Å²) in [5, 5.41) is 14.9. The SMILES string of the molecule is Cc1cccc(Nc2ncnc(N3CCc4ccccc4C3)c2[N+](=O)[O-])c1. The van der Waals surface area contributed by atoms with Crippen molar-refractivity contribution < 1.29 is 4.92 Å². The van der Waals surface area contributed by atoms with E-state index in [4.69, 9.17) is 0 Å². The normalized spacial score (nSPS) is 13.1. The van der Waals surface area contributed by atoms with E-state index < -0.39 is 4.92 Å². The molecule has 4 rings (SSSR count). The minimum absolute atomic E-state index is 0.0987. The summed E-state index contributed by atoms with van der Waals surface area (Å²) in [6.45, 7) is 3.24. The van der Waals surface area contributed by atoms with Crippen LogP contribution >= 0.6 is 0 Å². The van der Waals surface area contributed by atoms with Crippen LogP contribution in [-0.2, 0) is 13.0 Å². The van der Waals surface area contributed by atoms with Gasteiger partial charge in [0.1, 0.15) is 6.33 Å². The van der Waals surface area contributed by atoms with Gasteiger partial charge in [0.15, 0.2) is 0 Å². The summed E-state index contributed by atoms with van der Waals surface area (Å²) >= 11 is 0. The van der Waals surface area contributed by atoms with Crippen molar-refractivity contribution in [3.8, 4) is 0 Å². The van der Waals surface area contributed by atoms with Crippen molar-refractivity contribution in [3.05, 3.63) is 81.7 Å². The fourth-order valence-electron chi connectivity index (χ4n) is 3.40. The quantitative estimate of drug-likeness (QED) is 0.558. The summed E-state index contributed by atoms with van der Waals surface area (Å²) in [6, 6.07) is 15.8.